The van der Waals surface area contributed by atoms with Crippen LogP contribution >= 0.6 is 0 Å². The molecule has 1 aromatic heterocycles. The van der Waals surface area contributed by atoms with Crippen LogP contribution in [0.1, 0.15) is 16.8 Å². The maximum atomic E-state index is 12.1. The minimum absolute atomic E-state index is 0.430. The molecule has 6 nitrogen and oxygen atoms in total. The Morgan fingerprint density at radius 2 is 1.85 bits per heavy atom. The van der Waals surface area contributed by atoms with Gasteiger partial charge in [0.25, 0.3) is 0 Å². The van der Waals surface area contributed by atoms with Gasteiger partial charge in [0, 0.05) is 6.54 Å². The van der Waals surface area contributed by atoms with Gasteiger partial charge in [-0.1, -0.05) is 24.3 Å². The summed E-state index contributed by atoms with van der Waals surface area (Å²) in [7, 11) is 1.62. The maximum absolute atomic E-state index is 12.1. The molecule has 0 saturated heterocycles. The molecule has 0 bridgehead atoms. The molecule has 0 fully saturated rings. The van der Waals surface area contributed by atoms with Gasteiger partial charge in [-0.2, -0.15) is 5.10 Å². The summed E-state index contributed by atoms with van der Waals surface area (Å²) in [5, 5.41) is 7.09. The highest BCUT2D eigenvalue weighted by Gasteiger charge is 2.13. The summed E-state index contributed by atoms with van der Waals surface area (Å²) in [4.78, 5) is 12.1. The molecule has 1 amide bonds. The second kappa shape index (κ2) is 8.40. The Morgan fingerprint density at radius 3 is 2.56 bits per heavy atom. The topological polar surface area (TPSA) is 65.4 Å². The molecular weight excluding hydrogens is 342 g/mol. The number of hydrogen-bond donors (Lipinski definition) is 1. The molecule has 1 heterocycles. The fraction of sp³-hybridized carbons (Fsp3) is 0.238. The number of carbonyl (C=O) groups excluding carboxylic acids is 1. The third-order valence-corrected chi connectivity index (χ3v) is 4.41. The van der Waals surface area contributed by atoms with Gasteiger partial charge in [0.05, 0.1) is 24.7 Å². The lowest BCUT2D eigenvalue weighted by Gasteiger charge is -2.09. The lowest BCUT2D eigenvalue weighted by atomic mass is 10.1. The lowest BCUT2D eigenvalue weighted by molar-refractivity contribution is 0.200. The maximum Gasteiger partial charge on any atom is 0.412 e. The van der Waals surface area contributed by atoms with Gasteiger partial charge in [-0.15, -0.1) is 0 Å². The zero-order valence-corrected chi connectivity index (χ0v) is 15.7. The largest absolute Gasteiger partial charge is 0.497 e. The molecule has 2 aromatic carbocycles. The number of ether oxygens (including phenoxy) is 2. The van der Waals surface area contributed by atoms with E-state index in [9.17, 15) is 4.79 Å². The van der Waals surface area contributed by atoms with Crippen molar-refractivity contribution in [1.82, 2.24) is 15.1 Å². The Morgan fingerprint density at radius 1 is 1.11 bits per heavy atom. The highest BCUT2D eigenvalue weighted by atomic mass is 16.6. The lowest BCUT2D eigenvalue weighted by Crippen LogP contribution is -2.29. The molecule has 0 unspecified atom stereocenters. The van der Waals surface area contributed by atoms with Crippen LogP contribution in [0.5, 0.6) is 11.5 Å². The molecular formula is C21H23N3O3. The smallest absolute Gasteiger partial charge is 0.412 e. The van der Waals surface area contributed by atoms with Crippen LogP contribution in [-0.4, -0.2) is 29.5 Å². The van der Waals surface area contributed by atoms with E-state index in [-0.39, 0.29) is 0 Å². The van der Waals surface area contributed by atoms with Gasteiger partial charge < -0.3 is 14.8 Å². The van der Waals surface area contributed by atoms with Crippen molar-refractivity contribution in [3.05, 3.63) is 71.5 Å². The number of aromatic nitrogens is 2. The highest BCUT2D eigenvalue weighted by molar-refractivity contribution is 5.70. The van der Waals surface area contributed by atoms with E-state index in [1.165, 1.54) is 11.1 Å². The average molecular weight is 365 g/mol. The fourth-order valence-electron chi connectivity index (χ4n) is 2.80. The molecule has 0 atom stereocenters. The standard InChI is InChI=1S/C21H23N3O3/c1-15-6-4-5-7-17(15)12-13-22-21(25)27-20-14-23-24(16(20)2)18-8-10-19(26-3)11-9-18/h4-11,14H,12-13H2,1-3H3,(H,22,25). The quantitative estimate of drug-likeness (QED) is 0.721. The predicted molar refractivity (Wildman–Crippen MR) is 104 cm³/mol. The Hall–Kier alpha value is -3.28. The number of hydrogen-bond acceptors (Lipinski definition) is 4. The summed E-state index contributed by atoms with van der Waals surface area (Å²) < 4.78 is 12.3. The monoisotopic (exact) mass is 365 g/mol. The van der Waals surface area contributed by atoms with Gasteiger partial charge in [-0.3, -0.25) is 0 Å². The summed E-state index contributed by atoms with van der Waals surface area (Å²) in [6.45, 7) is 4.42. The van der Waals surface area contributed by atoms with E-state index in [2.05, 4.69) is 29.5 Å². The van der Waals surface area contributed by atoms with Gasteiger partial charge in [0.1, 0.15) is 5.75 Å². The first-order valence-corrected chi connectivity index (χ1v) is 8.77. The van der Waals surface area contributed by atoms with Crippen molar-refractivity contribution in [1.29, 1.82) is 0 Å². The van der Waals surface area contributed by atoms with E-state index in [4.69, 9.17) is 9.47 Å². The molecule has 0 aliphatic rings. The van der Waals surface area contributed by atoms with Crippen LogP contribution in [0.4, 0.5) is 4.79 Å². The van der Waals surface area contributed by atoms with Gasteiger partial charge in [-0.25, -0.2) is 9.48 Å². The van der Waals surface area contributed by atoms with E-state index in [1.54, 1.807) is 18.0 Å². The molecule has 0 aliphatic carbocycles. The number of benzene rings is 2. The molecule has 0 saturated carbocycles. The first kappa shape index (κ1) is 18.5. The first-order chi connectivity index (χ1) is 13.1. The summed E-state index contributed by atoms with van der Waals surface area (Å²) in [6.07, 6.45) is 1.81. The van der Waals surface area contributed by atoms with E-state index < -0.39 is 6.09 Å². The number of carbonyl (C=O) groups is 1. The molecule has 0 radical (unpaired) electrons. The number of methoxy groups -OCH3 is 1. The highest BCUT2D eigenvalue weighted by Crippen LogP contribution is 2.22. The Kier molecular flexibility index (Phi) is 5.76. The SMILES string of the molecule is COc1ccc(-n2ncc(OC(=O)NCCc3ccccc3C)c2C)cc1. The summed E-state index contributed by atoms with van der Waals surface area (Å²) in [5.41, 5.74) is 4.03. The van der Waals surface area contributed by atoms with E-state index >= 15 is 0 Å². The Bertz CT molecular complexity index is 917. The third-order valence-electron chi connectivity index (χ3n) is 4.41. The minimum atomic E-state index is -0.485. The van der Waals surface area contributed by atoms with Gasteiger partial charge in [-0.05, 0) is 55.7 Å². The van der Waals surface area contributed by atoms with Crippen molar-refractivity contribution in [2.75, 3.05) is 13.7 Å². The Balaban J connectivity index is 1.58. The fourth-order valence-corrected chi connectivity index (χ4v) is 2.80. The average Bonchev–Trinajstić information content (AvgIpc) is 3.04. The zero-order valence-electron chi connectivity index (χ0n) is 15.7. The molecule has 1 N–H and O–H groups in total. The summed E-state index contributed by atoms with van der Waals surface area (Å²) >= 11 is 0. The third kappa shape index (κ3) is 4.47. The van der Waals surface area contributed by atoms with Crippen molar-refractivity contribution in [3.63, 3.8) is 0 Å². The van der Waals surface area contributed by atoms with Gasteiger partial charge in [0.2, 0.25) is 0 Å². The van der Waals surface area contributed by atoms with Crippen LogP contribution < -0.4 is 14.8 Å². The molecule has 3 rings (SSSR count). The molecule has 140 valence electrons. The number of nitrogens with zero attached hydrogens (tertiary/aromatic N) is 2. The van der Waals surface area contributed by atoms with E-state index in [0.717, 1.165) is 23.6 Å². The van der Waals surface area contributed by atoms with Crippen molar-refractivity contribution >= 4 is 6.09 Å². The molecule has 27 heavy (non-hydrogen) atoms. The first-order valence-electron chi connectivity index (χ1n) is 8.77. The summed E-state index contributed by atoms with van der Waals surface area (Å²) in [6, 6.07) is 15.6. The van der Waals surface area contributed by atoms with Crippen molar-refractivity contribution in [2.24, 2.45) is 0 Å². The van der Waals surface area contributed by atoms with Crippen LogP contribution in [0.3, 0.4) is 0 Å². The number of aryl methyl sites for hydroxylation is 1. The second-order valence-corrected chi connectivity index (χ2v) is 6.20. The molecule has 0 spiro atoms. The molecule has 6 heteroatoms. The number of nitrogens with one attached hydrogen (secondary N) is 1. The van der Waals surface area contributed by atoms with Gasteiger partial charge >= 0.3 is 6.09 Å². The van der Waals surface area contributed by atoms with Gasteiger partial charge in [0.15, 0.2) is 5.75 Å². The number of rotatable bonds is 6. The van der Waals surface area contributed by atoms with Crippen LogP contribution in [0.2, 0.25) is 0 Å². The number of amides is 1. The van der Waals surface area contributed by atoms with Crippen LogP contribution in [-0.2, 0) is 6.42 Å². The van der Waals surface area contributed by atoms with Crippen LogP contribution in [0.25, 0.3) is 5.69 Å². The van der Waals surface area contributed by atoms with Crippen LogP contribution in [0, 0.1) is 13.8 Å². The summed E-state index contributed by atoms with van der Waals surface area (Å²) in [5.74, 6) is 1.20. The molecule has 0 aliphatic heterocycles. The molecule has 3 aromatic rings. The zero-order chi connectivity index (χ0) is 19.2. The normalized spacial score (nSPS) is 10.5. The van der Waals surface area contributed by atoms with E-state index in [1.807, 2.05) is 43.3 Å². The predicted octanol–water partition coefficient (Wildman–Crippen LogP) is 3.83. The Labute approximate surface area is 158 Å². The van der Waals surface area contributed by atoms with Crippen molar-refractivity contribution in [3.8, 4) is 17.2 Å². The van der Waals surface area contributed by atoms with Crippen molar-refractivity contribution in [2.45, 2.75) is 20.3 Å². The minimum Gasteiger partial charge on any atom is -0.497 e. The van der Waals surface area contributed by atoms with E-state index in [0.29, 0.717) is 12.3 Å². The van der Waals surface area contributed by atoms with Crippen molar-refractivity contribution < 1.29 is 14.3 Å². The van der Waals surface area contributed by atoms with Crippen LogP contribution in [0.15, 0.2) is 54.7 Å². The second-order valence-electron chi connectivity index (χ2n) is 6.20.